The van der Waals surface area contributed by atoms with E-state index in [2.05, 4.69) is 19.0 Å². The van der Waals surface area contributed by atoms with Gasteiger partial charge in [0.2, 0.25) is 0 Å². The molecule has 0 fully saturated rings. The lowest BCUT2D eigenvalue weighted by atomic mass is 10.1. The van der Waals surface area contributed by atoms with E-state index < -0.39 is 0 Å². The molecule has 0 aliphatic rings. The van der Waals surface area contributed by atoms with E-state index in [1.54, 1.807) is 12.1 Å². The molecule has 0 N–H and O–H groups in total. The van der Waals surface area contributed by atoms with Crippen molar-refractivity contribution < 1.29 is 9.57 Å². The van der Waals surface area contributed by atoms with Crippen LogP contribution in [-0.4, -0.2) is 12.8 Å². The fraction of sp³-hybridized carbons (Fsp3) is 0.455. The molecule has 1 heterocycles. The average Bonchev–Trinajstić information content (AvgIpc) is 2.17. The Kier molecular flexibility index (Phi) is 4.60. The van der Waals surface area contributed by atoms with Gasteiger partial charge in [0.05, 0.1) is 11.8 Å². The summed E-state index contributed by atoms with van der Waals surface area (Å²) >= 11 is 0. The van der Waals surface area contributed by atoms with E-state index in [1.807, 2.05) is 0 Å². The van der Waals surface area contributed by atoms with Gasteiger partial charge in [0.1, 0.15) is 6.61 Å². The second-order valence-corrected chi connectivity index (χ2v) is 3.75. The molecule has 0 amide bonds. The Morgan fingerprint density at radius 3 is 3.07 bits per heavy atom. The Hall–Kier alpha value is -1.58. The van der Waals surface area contributed by atoms with Gasteiger partial charge in [0.15, 0.2) is 12.4 Å². The summed E-state index contributed by atoms with van der Waals surface area (Å²) < 4.78 is 0.732. The highest BCUT2D eigenvalue weighted by atomic mass is 16.6. The molecule has 0 unspecified atom stereocenters. The van der Waals surface area contributed by atoms with Gasteiger partial charge in [-0.05, 0) is 18.4 Å². The van der Waals surface area contributed by atoms with Gasteiger partial charge >= 0.3 is 0 Å². The molecule has 0 spiro atoms. The van der Waals surface area contributed by atoms with Gasteiger partial charge in [-0.1, -0.05) is 19.0 Å². The van der Waals surface area contributed by atoms with Crippen molar-refractivity contribution >= 4 is 6.21 Å². The topological polar surface area (TPSA) is 48.5 Å². The van der Waals surface area contributed by atoms with Crippen molar-refractivity contribution in [3.8, 4) is 0 Å². The predicted octanol–water partition coefficient (Wildman–Crippen LogP) is 1.72. The van der Waals surface area contributed by atoms with Crippen molar-refractivity contribution in [2.24, 2.45) is 11.1 Å². The van der Waals surface area contributed by atoms with Crippen LogP contribution in [0.15, 0.2) is 29.7 Å². The zero-order valence-electron chi connectivity index (χ0n) is 9.09. The Morgan fingerprint density at radius 1 is 1.60 bits per heavy atom. The molecule has 4 nitrogen and oxygen atoms in total. The maximum atomic E-state index is 10.9. The van der Waals surface area contributed by atoms with Crippen LogP contribution in [0.1, 0.15) is 25.8 Å². The highest BCUT2D eigenvalue weighted by molar-refractivity contribution is 5.77. The highest BCUT2D eigenvalue weighted by Gasteiger charge is 1.94. The standard InChI is InChI=1S/C11H16N2O2/c1-10(2)5-7-15-12-8-11-4-3-6-13(14)9-11/h3-4,6,8-10H,5,7H2,1-2H3. The van der Waals surface area contributed by atoms with Crippen LogP contribution in [0, 0.1) is 11.1 Å². The molecule has 0 bridgehead atoms. The zero-order chi connectivity index (χ0) is 11.1. The molecule has 0 aliphatic carbocycles. The molecule has 0 saturated heterocycles. The minimum Gasteiger partial charge on any atom is -0.619 e. The Balaban J connectivity index is 2.32. The van der Waals surface area contributed by atoms with Gasteiger partial charge < -0.3 is 10.0 Å². The largest absolute Gasteiger partial charge is 0.619 e. The third-order valence-corrected chi connectivity index (χ3v) is 1.86. The SMILES string of the molecule is CC(C)CCON=Cc1ccc[n+]([O-])c1. The predicted molar refractivity (Wildman–Crippen MR) is 58.4 cm³/mol. The first-order valence-corrected chi connectivity index (χ1v) is 5.02. The first-order valence-electron chi connectivity index (χ1n) is 5.02. The summed E-state index contributed by atoms with van der Waals surface area (Å²) in [5, 5.41) is 14.7. The number of hydrogen-bond acceptors (Lipinski definition) is 3. The Labute approximate surface area is 89.8 Å². The van der Waals surface area contributed by atoms with Crippen molar-refractivity contribution in [3.63, 3.8) is 0 Å². The molecule has 4 heteroatoms. The van der Waals surface area contributed by atoms with Crippen LogP contribution in [-0.2, 0) is 4.84 Å². The average molecular weight is 208 g/mol. The van der Waals surface area contributed by atoms with Crippen molar-refractivity contribution in [2.75, 3.05) is 6.61 Å². The highest BCUT2D eigenvalue weighted by Crippen LogP contribution is 1.99. The molecule has 0 saturated carbocycles. The van der Waals surface area contributed by atoms with Crippen molar-refractivity contribution in [1.82, 2.24) is 0 Å². The molecule has 0 atom stereocenters. The summed E-state index contributed by atoms with van der Waals surface area (Å²) in [5.74, 6) is 0.612. The van der Waals surface area contributed by atoms with E-state index in [1.165, 1.54) is 18.6 Å². The van der Waals surface area contributed by atoms with E-state index in [9.17, 15) is 5.21 Å². The molecular weight excluding hydrogens is 192 g/mol. The molecule has 15 heavy (non-hydrogen) atoms. The van der Waals surface area contributed by atoms with Crippen molar-refractivity contribution in [1.29, 1.82) is 0 Å². The fourth-order valence-corrected chi connectivity index (χ4v) is 0.988. The maximum absolute atomic E-state index is 10.9. The van der Waals surface area contributed by atoms with Gasteiger partial charge in [0, 0.05) is 6.07 Å². The summed E-state index contributed by atoms with van der Waals surface area (Å²) in [6.07, 6.45) is 5.38. The lowest BCUT2D eigenvalue weighted by molar-refractivity contribution is -0.605. The minimum absolute atomic E-state index is 0.609. The van der Waals surface area contributed by atoms with Crippen LogP contribution in [0.5, 0.6) is 0 Å². The minimum atomic E-state index is 0.609. The number of hydrogen-bond donors (Lipinski definition) is 0. The normalized spacial score (nSPS) is 11.1. The van der Waals surface area contributed by atoms with Crippen LogP contribution in [0.4, 0.5) is 0 Å². The van der Waals surface area contributed by atoms with Crippen molar-refractivity contribution in [2.45, 2.75) is 20.3 Å². The molecule has 0 radical (unpaired) electrons. The molecule has 1 aromatic rings. The van der Waals surface area contributed by atoms with Crippen LogP contribution in [0.25, 0.3) is 0 Å². The van der Waals surface area contributed by atoms with Gasteiger partial charge in [-0.25, -0.2) is 0 Å². The second kappa shape index (κ2) is 6.01. The van der Waals surface area contributed by atoms with Gasteiger partial charge in [-0.15, -0.1) is 0 Å². The summed E-state index contributed by atoms with van der Waals surface area (Å²) in [4.78, 5) is 5.05. The number of pyridine rings is 1. The number of oxime groups is 1. The molecule has 0 aromatic carbocycles. The third-order valence-electron chi connectivity index (χ3n) is 1.86. The molecular formula is C11H16N2O2. The lowest BCUT2D eigenvalue weighted by Crippen LogP contribution is -2.24. The van der Waals surface area contributed by atoms with Gasteiger partial charge in [0.25, 0.3) is 0 Å². The monoisotopic (exact) mass is 208 g/mol. The first-order chi connectivity index (χ1) is 7.18. The summed E-state index contributed by atoms with van der Waals surface area (Å²) in [6.45, 7) is 4.87. The molecule has 82 valence electrons. The Morgan fingerprint density at radius 2 is 2.40 bits per heavy atom. The summed E-state index contributed by atoms with van der Waals surface area (Å²) in [5.41, 5.74) is 0.733. The molecule has 1 aromatic heterocycles. The van der Waals surface area contributed by atoms with Crippen molar-refractivity contribution in [3.05, 3.63) is 35.3 Å². The van der Waals surface area contributed by atoms with Gasteiger partial charge in [-0.2, -0.15) is 4.73 Å². The van der Waals surface area contributed by atoms with E-state index in [0.29, 0.717) is 12.5 Å². The lowest BCUT2D eigenvalue weighted by Gasteiger charge is -2.01. The summed E-state index contributed by atoms with van der Waals surface area (Å²) in [7, 11) is 0. The van der Waals surface area contributed by atoms with E-state index in [0.717, 1.165) is 16.7 Å². The Bertz CT molecular complexity index is 324. The van der Waals surface area contributed by atoms with Crippen LogP contribution in [0.2, 0.25) is 0 Å². The maximum Gasteiger partial charge on any atom is 0.189 e. The van der Waals surface area contributed by atoms with E-state index in [-0.39, 0.29) is 0 Å². The molecule has 1 rings (SSSR count). The zero-order valence-corrected chi connectivity index (χ0v) is 9.09. The van der Waals surface area contributed by atoms with Crippen LogP contribution < -0.4 is 4.73 Å². The van der Waals surface area contributed by atoms with Crippen LogP contribution >= 0.6 is 0 Å². The summed E-state index contributed by atoms with van der Waals surface area (Å²) in [6, 6.07) is 3.46. The fourth-order valence-electron chi connectivity index (χ4n) is 0.988. The van der Waals surface area contributed by atoms with E-state index >= 15 is 0 Å². The first kappa shape index (κ1) is 11.5. The third kappa shape index (κ3) is 5.00. The van der Waals surface area contributed by atoms with E-state index in [4.69, 9.17) is 4.84 Å². The van der Waals surface area contributed by atoms with Gasteiger partial charge in [-0.3, -0.25) is 0 Å². The number of nitrogens with zero attached hydrogens (tertiary/aromatic N) is 2. The van der Waals surface area contributed by atoms with Crippen LogP contribution in [0.3, 0.4) is 0 Å². The second-order valence-electron chi connectivity index (χ2n) is 3.75. The number of aromatic nitrogens is 1. The smallest absolute Gasteiger partial charge is 0.189 e. The molecule has 0 aliphatic heterocycles. The number of rotatable bonds is 5. The quantitative estimate of drug-likeness (QED) is 0.243.